The second-order valence-electron chi connectivity index (χ2n) is 2.70. The van der Waals surface area contributed by atoms with Gasteiger partial charge in [-0.15, -0.1) is 0 Å². The molecule has 1 rings (SSSR count). The summed E-state index contributed by atoms with van der Waals surface area (Å²) in [6.45, 7) is 0. The summed E-state index contributed by atoms with van der Waals surface area (Å²) in [5, 5.41) is 4.02. The molecule has 0 aliphatic carbocycles. The van der Waals surface area contributed by atoms with E-state index in [-0.39, 0.29) is 0 Å². The van der Waals surface area contributed by atoms with E-state index in [1.807, 2.05) is 0 Å². The average molecular weight is 270 g/mol. The van der Waals surface area contributed by atoms with Crippen LogP contribution >= 0.6 is 15.9 Å². The zero-order valence-corrected chi connectivity index (χ0v) is 9.56. The summed E-state index contributed by atoms with van der Waals surface area (Å²) in [5.41, 5.74) is 9.92. The number of ether oxygens (including phenoxy) is 1. The van der Waals surface area contributed by atoms with Crippen LogP contribution in [0.25, 0.3) is 10.4 Å². The van der Waals surface area contributed by atoms with E-state index in [2.05, 4.69) is 30.7 Å². The van der Waals surface area contributed by atoms with Gasteiger partial charge in [-0.1, -0.05) is 21.0 Å². The number of alkyl halides is 1. The predicted molar refractivity (Wildman–Crippen MR) is 59.2 cm³/mol. The third-order valence-electron chi connectivity index (χ3n) is 1.71. The number of carbonyl (C=O) groups is 1. The van der Waals surface area contributed by atoms with Crippen molar-refractivity contribution >= 4 is 27.6 Å². The van der Waals surface area contributed by atoms with Gasteiger partial charge in [0.2, 0.25) is 0 Å². The first-order valence-corrected chi connectivity index (χ1v) is 5.16. The molecule has 0 bridgehead atoms. The van der Waals surface area contributed by atoms with Crippen LogP contribution in [0.2, 0.25) is 0 Å². The van der Waals surface area contributed by atoms with Gasteiger partial charge in [0.15, 0.2) is 0 Å². The molecule has 6 heteroatoms. The Hall–Kier alpha value is -1.52. The van der Waals surface area contributed by atoms with Gasteiger partial charge in [0.25, 0.3) is 0 Å². The standard InChI is InChI=1S/C9H8BrN3O2/c1-15-9(14)7-2-6(5-10)3-8(4-7)12-13-11/h2-4H,5H2,1H3. The lowest BCUT2D eigenvalue weighted by molar-refractivity contribution is 0.0600. The third kappa shape index (κ3) is 2.97. The molecule has 0 spiro atoms. The van der Waals surface area contributed by atoms with Gasteiger partial charge < -0.3 is 4.74 Å². The van der Waals surface area contributed by atoms with Gasteiger partial charge in [-0.25, -0.2) is 4.79 Å². The fourth-order valence-corrected chi connectivity index (χ4v) is 1.42. The lowest BCUT2D eigenvalue weighted by Gasteiger charge is -2.03. The number of rotatable bonds is 3. The number of hydrogen-bond donors (Lipinski definition) is 0. The van der Waals surface area contributed by atoms with Gasteiger partial charge in [-0.2, -0.15) is 0 Å². The summed E-state index contributed by atoms with van der Waals surface area (Å²) in [5.74, 6) is -0.452. The van der Waals surface area contributed by atoms with Gasteiger partial charge in [-0.05, 0) is 29.3 Å². The number of hydrogen-bond acceptors (Lipinski definition) is 3. The Morgan fingerprint density at radius 2 is 2.33 bits per heavy atom. The Bertz CT molecular complexity index is 427. The smallest absolute Gasteiger partial charge is 0.337 e. The van der Waals surface area contributed by atoms with Crippen LogP contribution in [0.5, 0.6) is 0 Å². The summed E-state index contributed by atoms with van der Waals surface area (Å²) < 4.78 is 4.58. The van der Waals surface area contributed by atoms with Crippen LogP contribution in [0.15, 0.2) is 23.3 Å². The topological polar surface area (TPSA) is 75.1 Å². The van der Waals surface area contributed by atoms with Gasteiger partial charge in [-0.3, -0.25) is 0 Å². The fraction of sp³-hybridized carbons (Fsp3) is 0.222. The van der Waals surface area contributed by atoms with Gasteiger partial charge in [0, 0.05) is 15.9 Å². The Labute approximate surface area is 94.8 Å². The van der Waals surface area contributed by atoms with Crippen LogP contribution in [0.4, 0.5) is 5.69 Å². The summed E-state index contributed by atoms with van der Waals surface area (Å²) in [4.78, 5) is 13.9. The molecule has 0 N–H and O–H groups in total. The van der Waals surface area contributed by atoms with Gasteiger partial charge in [0.1, 0.15) is 0 Å². The minimum atomic E-state index is -0.452. The van der Waals surface area contributed by atoms with Crippen molar-refractivity contribution in [2.45, 2.75) is 5.33 Å². The molecule has 0 heterocycles. The zero-order valence-electron chi connectivity index (χ0n) is 7.98. The third-order valence-corrected chi connectivity index (χ3v) is 2.36. The molecular weight excluding hydrogens is 262 g/mol. The summed E-state index contributed by atoms with van der Waals surface area (Å²) in [7, 11) is 1.30. The van der Waals surface area contributed by atoms with E-state index in [4.69, 9.17) is 5.53 Å². The lowest BCUT2D eigenvalue weighted by atomic mass is 10.1. The molecular formula is C9H8BrN3O2. The molecule has 0 radical (unpaired) electrons. The second kappa shape index (κ2) is 5.38. The highest BCUT2D eigenvalue weighted by molar-refractivity contribution is 9.08. The first-order valence-electron chi connectivity index (χ1n) is 4.04. The highest BCUT2D eigenvalue weighted by Gasteiger charge is 2.07. The maximum atomic E-state index is 11.3. The Kier molecular flexibility index (Phi) is 4.15. The van der Waals surface area contributed by atoms with Crippen molar-refractivity contribution in [3.63, 3.8) is 0 Å². The molecule has 0 aromatic heterocycles. The first kappa shape index (κ1) is 11.6. The van der Waals surface area contributed by atoms with Crippen LogP contribution in [-0.4, -0.2) is 13.1 Å². The monoisotopic (exact) mass is 269 g/mol. The molecule has 0 fully saturated rings. The molecule has 0 saturated carbocycles. The van der Waals surface area contributed by atoms with Crippen LogP contribution < -0.4 is 0 Å². The van der Waals surface area contributed by atoms with E-state index in [9.17, 15) is 4.79 Å². The minimum Gasteiger partial charge on any atom is -0.465 e. The molecule has 0 aliphatic heterocycles. The summed E-state index contributed by atoms with van der Waals surface area (Å²) in [6.07, 6.45) is 0. The van der Waals surface area contributed by atoms with Crippen molar-refractivity contribution in [2.75, 3.05) is 7.11 Å². The summed E-state index contributed by atoms with van der Waals surface area (Å²) in [6, 6.07) is 4.86. The average Bonchev–Trinajstić information content (AvgIpc) is 2.28. The van der Waals surface area contributed by atoms with Crippen LogP contribution in [0.3, 0.4) is 0 Å². The largest absolute Gasteiger partial charge is 0.465 e. The van der Waals surface area contributed by atoms with E-state index < -0.39 is 5.97 Å². The number of methoxy groups -OCH3 is 1. The molecule has 1 aromatic carbocycles. The maximum Gasteiger partial charge on any atom is 0.337 e. The van der Waals surface area contributed by atoms with E-state index in [0.717, 1.165) is 5.56 Å². The van der Waals surface area contributed by atoms with Crippen molar-refractivity contribution in [2.24, 2.45) is 5.11 Å². The van der Waals surface area contributed by atoms with Crippen LogP contribution in [0, 0.1) is 0 Å². The number of benzene rings is 1. The normalized spacial score (nSPS) is 9.20. The highest BCUT2D eigenvalue weighted by Crippen LogP contribution is 2.20. The molecule has 5 nitrogen and oxygen atoms in total. The van der Waals surface area contributed by atoms with Crippen LogP contribution in [-0.2, 0) is 10.1 Å². The number of halogens is 1. The highest BCUT2D eigenvalue weighted by atomic mass is 79.9. The Morgan fingerprint density at radius 3 is 2.87 bits per heavy atom. The fourth-order valence-electron chi connectivity index (χ4n) is 1.10. The molecule has 0 aliphatic rings. The molecule has 0 atom stereocenters. The number of nitrogens with zero attached hydrogens (tertiary/aromatic N) is 3. The molecule has 0 saturated heterocycles. The second-order valence-corrected chi connectivity index (χ2v) is 3.26. The van der Waals surface area contributed by atoms with Crippen molar-refractivity contribution in [1.82, 2.24) is 0 Å². The van der Waals surface area contributed by atoms with Gasteiger partial charge in [0.05, 0.1) is 12.7 Å². The molecule has 0 unspecified atom stereocenters. The van der Waals surface area contributed by atoms with E-state index >= 15 is 0 Å². The molecule has 78 valence electrons. The van der Waals surface area contributed by atoms with E-state index in [0.29, 0.717) is 16.6 Å². The lowest BCUT2D eigenvalue weighted by Crippen LogP contribution is -2.01. The zero-order chi connectivity index (χ0) is 11.3. The van der Waals surface area contributed by atoms with Crippen LogP contribution in [0.1, 0.15) is 15.9 Å². The maximum absolute atomic E-state index is 11.3. The van der Waals surface area contributed by atoms with E-state index in [1.54, 1.807) is 12.1 Å². The van der Waals surface area contributed by atoms with E-state index in [1.165, 1.54) is 13.2 Å². The SMILES string of the molecule is COC(=O)c1cc(CBr)cc(N=[N+]=[N-])c1. The number of esters is 1. The molecule has 0 amide bonds. The van der Waals surface area contributed by atoms with Crippen molar-refractivity contribution < 1.29 is 9.53 Å². The number of carbonyl (C=O) groups excluding carboxylic acids is 1. The Balaban J connectivity index is 3.22. The van der Waals surface area contributed by atoms with Crippen molar-refractivity contribution in [1.29, 1.82) is 0 Å². The summed E-state index contributed by atoms with van der Waals surface area (Å²) >= 11 is 3.26. The first-order chi connectivity index (χ1) is 7.21. The quantitative estimate of drug-likeness (QED) is 0.278. The van der Waals surface area contributed by atoms with Crippen molar-refractivity contribution in [3.8, 4) is 0 Å². The van der Waals surface area contributed by atoms with Gasteiger partial charge >= 0.3 is 5.97 Å². The number of azide groups is 1. The molecule has 15 heavy (non-hydrogen) atoms. The minimum absolute atomic E-state index is 0.372. The molecule has 1 aromatic rings. The predicted octanol–water partition coefficient (Wildman–Crippen LogP) is 3.31. The van der Waals surface area contributed by atoms with Crippen molar-refractivity contribution in [3.05, 3.63) is 39.8 Å². The Morgan fingerprint density at radius 1 is 1.60 bits per heavy atom.